The van der Waals surface area contributed by atoms with Gasteiger partial charge in [-0.1, -0.05) is 30.8 Å². The molecule has 0 saturated heterocycles. The molecule has 1 atom stereocenters. The average Bonchev–Trinajstić information content (AvgIpc) is 4.22. The largest absolute Gasteiger partial charge is 0.466 e. The quantitative estimate of drug-likeness (QED) is 0.0471. The number of hydrogen-bond acceptors (Lipinski definition) is 12. The second-order valence-electron chi connectivity index (χ2n) is 14.4. The Morgan fingerprint density at radius 3 is 1.95 bits per heavy atom. The van der Waals surface area contributed by atoms with Crippen molar-refractivity contribution in [2.45, 2.75) is 84.2 Å². The Bertz CT molecular complexity index is 2060. The lowest BCUT2D eigenvalue weighted by atomic mass is 9.94. The number of nitrogens with two attached hydrogens (primary N) is 1. The number of benzene rings is 2. The zero-order valence-corrected chi connectivity index (χ0v) is 36.4. The number of carbonyl (C=O) groups is 3. The number of nitrogens with zero attached hydrogens (tertiary/aromatic N) is 2. The molecule has 2 aliphatic carbocycles. The Labute approximate surface area is 360 Å². The highest BCUT2D eigenvalue weighted by Crippen LogP contribution is 2.43. The number of rotatable bonds is 17. The highest BCUT2D eigenvalue weighted by Gasteiger charge is 2.29. The van der Waals surface area contributed by atoms with Crippen LogP contribution in [0.4, 0.5) is 11.4 Å². The van der Waals surface area contributed by atoms with E-state index in [1.165, 1.54) is 18.4 Å². The minimum atomic E-state index is -0.698. The molecule has 6 rings (SSSR count). The third kappa shape index (κ3) is 14.7. The normalized spacial score (nSPS) is 13.0. The van der Waals surface area contributed by atoms with Crippen LogP contribution in [0.5, 0.6) is 0 Å². The molecule has 2 heterocycles. The summed E-state index contributed by atoms with van der Waals surface area (Å²) in [5, 5.41) is 26.3. The number of hydrogen-bond donors (Lipinski definition) is 6. The number of aliphatic hydroxyl groups is 2. The fourth-order valence-electron chi connectivity index (χ4n) is 6.61. The maximum atomic E-state index is 13.1. The molecule has 2 fully saturated rings. The van der Waals surface area contributed by atoms with Crippen molar-refractivity contribution in [3.63, 3.8) is 0 Å². The molecule has 0 spiro atoms. The molecule has 2 saturated carbocycles. The van der Waals surface area contributed by atoms with E-state index >= 15 is 0 Å². The van der Waals surface area contributed by atoms with Crippen molar-refractivity contribution in [2.24, 2.45) is 5.73 Å². The molecule has 0 aliphatic heterocycles. The first kappa shape index (κ1) is 49.6. The van der Waals surface area contributed by atoms with Crippen molar-refractivity contribution in [3.8, 4) is 11.1 Å². The molecule has 0 bridgehead atoms. The molecule has 7 N–H and O–H groups in total. The molecular weight excluding hydrogens is 773 g/mol. The summed E-state index contributed by atoms with van der Waals surface area (Å²) in [5.41, 5.74) is 16.4. The molecule has 0 radical (unpaired) electrons. The van der Waals surface area contributed by atoms with Gasteiger partial charge in [0.1, 0.15) is 11.7 Å². The first-order valence-electron chi connectivity index (χ1n) is 20.8. The third-order valence-corrected chi connectivity index (χ3v) is 10.1. The smallest absolute Gasteiger partial charge is 0.325 e. The second-order valence-corrected chi connectivity index (χ2v) is 14.4. The average molecular weight is 837 g/mol. The van der Waals surface area contributed by atoms with E-state index in [1.54, 1.807) is 26.1 Å². The Balaban J connectivity index is 0.000000313. The van der Waals surface area contributed by atoms with Crippen LogP contribution in [0, 0.1) is 13.8 Å². The van der Waals surface area contributed by atoms with Gasteiger partial charge in [-0.2, -0.15) is 0 Å². The fraction of sp³-hybridized carbons (Fsp3) is 0.396. The van der Waals surface area contributed by atoms with Crippen LogP contribution in [0.2, 0.25) is 0 Å². The molecule has 1 amide bonds. The predicted molar refractivity (Wildman–Crippen MR) is 243 cm³/mol. The van der Waals surface area contributed by atoms with E-state index < -0.39 is 12.0 Å². The minimum Gasteiger partial charge on any atom is -0.466 e. The molecule has 4 aromatic rings. The van der Waals surface area contributed by atoms with Gasteiger partial charge in [-0.15, -0.1) is 13.2 Å². The zero-order chi connectivity index (χ0) is 44.9. The summed E-state index contributed by atoms with van der Waals surface area (Å²) in [4.78, 5) is 45.5. The van der Waals surface area contributed by atoms with E-state index in [0.29, 0.717) is 43.8 Å². The SMILES string of the molecule is C=C.C=Cc1cc(C2CC2)c(CNC(CO)C(=O)OCC)cn1.CCOC(=O)Cc1cnc(C(=O)Nc2cccc(-c3cccc(NC)c3C)c2C)cc1C1CC1.NCCO. The number of aromatic nitrogens is 2. The first-order valence-corrected chi connectivity index (χ1v) is 20.8. The van der Waals surface area contributed by atoms with Crippen LogP contribution in [-0.4, -0.2) is 84.1 Å². The van der Waals surface area contributed by atoms with Crippen molar-refractivity contribution in [1.82, 2.24) is 15.3 Å². The minimum absolute atomic E-state index is 0.0972. The van der Waals surface area contributed by atoms with Gasteiger partial charge in [-0.05, 0) is 140 Å². The number of aliphatic hydroxyl groups excluding tert-OH is 2. The Morgan fingerprint density at radius 1 is 0.869 bits per heavy atom. The van der Waals surface area contributed by atoms with E-state index in [-0.39, 0.29) is 31.5 Å². The molecule has 328 valence electrons. The molecule has 2 aliphatic rings. The van der Waals surface area contributed by atoms with Crippen molar-refractivity contribution >= 4 is 35.3 Å². The number of amides is 1. The number of pyridine rings is 2. The van der Waals surface area contributed by atoms with Crippen LogP contribution in [0.1, 0.15) is 101 Å². The van der Waals surface area contributed by atoms with Gasteiger partial charge in [0.2, 0.25) is 0 Å². The van der Waals surface area contributed by atoms with Gasteiger partial charge in [-0.25, -0.2) is 0 Å². The van der Waals surface area contributed by atoms with Crippen molar-refractivity contribution in [2.75, 3.05) is 50.7 Å². The molecule has 2 aromatic carbocycles. The summed E-state index contributed by atoms with van der Waals surface area (Å²) < 4.78 is 10.0. The van der Waals surface area contributed by atoms with Crippen molar-refractivity contribution in [1.29, 1.82) is 0 Å². The summed E-state index contributed by atoms with van der Waals surface area (Å²) >= 11 is 0. The molecule has 13 nitrogen and oxygen atoms in total. The Morgan fingerprint density at radius 2 is 1.43 bits per heavy atom. The van der Waals surface area contributed by atoms with E-state index in [1.807, 2.05) is 44.4 Å². The summed E-state index contributed by atoms with van der Waals surface area (Å²) in [6.45, 7) is 18.7. The van der Waals surface area contributed by atoms with Gasteiger partial charge < -0.3 is 36.1 Å². The number of ether oxygens (including phenoxy) is 2. The molecule has 2 aromatic heterocycles. The van der Waals surface area contributed by atoms with E-state index in [2.05, 4.69) is 76.8 Å². The molecular formula is C48H64N6O7. The molecule has 1 unspecified atom stereocenters. The first-order chi connectivity index (χ1) is 29.5. The monoisotopic (exact) mass is 836 g/mol. The van der Waals surface area contributed by atoms with Crippen LogP contribution >= 0.6 is 0 Å². The predicted octanol–water partition coefficient (Wildman–Crippen LogP) is 7.00. The van der Waals surface area contributed by atoms with Gasteiger partial charge in [0.05, 0.1) is 38.5 Å². The standard InChI is InChI=1S/C28H31N3O3.C16H22N2O3.C2H7NO.C2H4/c1-5-34-27(32)14-20-16-30-26(15-23(20)19-12-13-19)28(33)31-25-11-7-9-22(18(25)3)21-8-6-10-24(29-4)17(21)2;1-3-13-7-14(11-5-6-11)12(8-17-13)9-18-15(10-19)16(20)21-4-2;3-1-2-4;1-2/h6-11,15-16,19,29H,5,12-14H2,1-4H3,(H,31,33);3,7-8,11,15,18-19H,1,4-6,9-10H2,2H3;4H,1-3H2;1-2H2. The lowest BCUT2D eigenvalue weighted by Gasteiger charge is -2.16. The highest BCUT2D eigenvalue weighted by molar-refractivity contribution is 6.04. The van der Waals surface area contributed by atoms with Crippen LogP contribution in [0.25, 0.3) is 17.2 Å². The Kier molecular flexibility index (Phi) is 21.0. The third-order valence-electron chi connectivity index (χ3n) is 10.1. The lowest BCUT2D eigenvalue weighted by Crippen LogP contribution is -2.40. The van der Waals surface area contributed by atoms with Crippen LogP contribution < -0.4 is 21.7 Å². The van der Waals surface area contributed by atoms with Crippen molar-refractivity contribution < 1.29 is 34.1 Å². The van der Waals surface area contributed by atoms with Crippen LogP contribution in [0.15, 0.2) is 80.7 Å². The van der Waals surface area contributed by atoms with Gasteiger partial charge in [0, 0.05) is 43.9 Å². The van der Waals surface area contributed by atoms with Crippen LogP contribution in [-0.2, 0) is 32.0 Å². The summed E-state index contributed by atoms with van der Waals surface area (Å²) in [7, 11) is 1.91. The number of carbonyl (C=O) groups excluding carboxylic acids is 3. The molecule has 61 heavy (non-hydrogen) atoms. The van der Waals surface area contributed by atoms with Gasteiger partial charge >= 0.3 is 11.9 Å². The molecule has 13 heteroatoms. The number of anilines is 2. The maximum Gasteiger partial charge on any atom is 0.325 e. The summed E-state index contributed by atoms with van der Waals surface area (Å²) in [6, 6.07) is 15.3. The van der Waals surface area contributed by atoms with E-state index in [4.69, 9.17) is 20.3 Å². The lowest BCUT2D eigenvalue weighted by molar-refractivity contribution is -0.146. The topological polar surface area (TPSA) is 198 Å². The maximum absolute atomic E-state index is 13.1. The fourth-order valence-corrected chi connectivity index (χ4v) is 6.61. The van der Waals surface area contributed by atoms with Crippen molar-refractivity contribution in [3.05, 3.63) is 125 Å². The zero-order valence-electron chi connectivity index (χ0n) is 36.4. The summed E-state index contributed by atoms with van der Waals surface area (Å²) in [6.07, 6.45) is 9.88. The van der Waals surface area contributed by atoms with Crippen LogP contribution in [0.3, 0.4) is 0 Å². The number of esters is 2. The van der Waals surface area contributed by atoms with Gasteiger partial charge in [0.25, 0.3) is 5.91 Å². The highest BCUT2D eigenvalue weighted by atomic mass is 16.5. The number of nitrogens with one attached hydrogen (secondary N) is 3. The van der Waals surface area contributed by atoms with E-state index in [9.17, 15) is 19.5 Å². The van der Waals surface area contributed by atoms with E-state index in [0.717, 1.165) is 68.9 Å². The van der Waals surface area contributed by atoms with Gasteiger partial charge in [0.15, 0.2) is 0 Å². The Hall–Kier alpha value is -5.73. The second kappa shape index (κ2) is 25.8. The summed E-state index contributed by atoms with van der Waals surface area (Å²) in [5.74, 6) is 0.00721. The van der Waals surface area contributed by atoms with Gasteiger partial charge in [-0.3, -0.25) is 29.7 Å².